The Morgan fingerprint density at radius 1 is 1.13 bits per heavy atom. The summed E-state index contributed by atoms with van der Waals surface area (Å²) in [7, 11) is 0. The summed E-state index contributed by atoms with van der Waals surface area (Å²) in [5, 5.41) is 2.98. The summed E-state index contributed by atoms with van der Waals surface area (Å²) in [6.07, 6.45) is 3.95. The highest BCUT2D eigenvalue weighted by Crippen LogP contribution is 2.59. The lowest BCUT2D eigenvalue weighted by molar-refractivity contribution is -0.139. The van der Waals surface area contributed by atoms with Crippen LogP contribution in [0, 0.1) is 11.3 Å². The summed E-state index contributed by atoms with van der Waals surface area (Å²) in [5.74, 6) is 1.07. The first-order valence-corrected chi connectivity index (χ1v) is 10.7. The maximum atomic E-state index is 12.8. The number of benzene rings is 1. The van der Waals surface area contributed by atoms with Gasteiger partial charge in [0.05, 0.1) is 0 Å². The smallest absolute Gasteiger partial charge is 0.289 e. The van der Waals surface area contributed by atoms with E-state index in [1.807, 2.05) is 19.9 Å². The van der Waals surface area contributed by atoms with Gasteiger partial charge in [0.2, 0.25) is 12.7 Å². The third-order valence-corrected chi connectivity index (χ3v) is 6.68. The van der Waals surface area contributed by atoms with Gasteiger partial charge in [-0.05, 0) is 50.7 Å². The Labute approximate surface area is 180 Å². The minimum absolute atomic E-state index is 0.00399. The molecule has 1 unspecified atom stereocenters. The van der Waals surface area contributed by atoms with Crippen molar-refractivity contribution in [2.45, 2.75) is 45.1 Å². The normalized spacial score (nSPS) is 25.0. The maximum absolute atomic E-state index is 12.8. The van der Waals surface area contributed by atoms with Gasteiger partial charge in [-0.25, -0.2) is 0 Å². The maximum Gasteiger partial charge on any atom is 0.289 e. The second-order valence-electron chi connectivity index (χ2n) is 9.48. The van der Waals surface area contributed by atoms with Crippen LogP contribution in [0.1, 0.15) is 39.5 Å². The summed E-state index contributed by atoms with van der Waals surface area (Å²) in [4.78, 5) is 39.3. The zero-order valence-electron chi connectivity index (χ0n) is 17.7. The third-order valence-electron chi connectivity index (χ3n) is 6.68. The average Bonchev–Trinajstić information content (AvgIpc) is 3.20. The number of hydrogen-bond donors (Lipinski definition) is 1. The number of allylic oxidation sites excluding steroid dienone is 1. The molecule has 8 heteroatoms. The summed E-state index contributed by atoms with van der Waals surface area (Å²) in [6, 6.07) is 5.37. The van der Waals surface area contributed by atoms with Gasteiger partial charge in [-0.2, -0.15) is 0 Å². The molecule has 8 nitrogen and oxygen atoms in total. The SMILES string of the molecule is CC1(C)CC(=O)C=C(C(=O)N2CCC3(CC2)CC3C(=O)Nc2ccc3c(c2)OCO3)O1. The topological polar surface area (TPSA) is 94.2 Å². The molecule has 1 spiro atoms. The van der Waals surface area contributed by atoms with Crippen LogP contribution in [0.3, 0.4) is 0 Å². The van der Waals surface area contributed by atoms with Crippen molar-refractivity contribution >= 4 is 23.3 Å². The van der Waals surface area contributed by atoms with Crippen LogP contribution in [0.15, 0.2) is 30.0 Å². The number of likely N-dealkylation sites (tertiary alicyclic amines) is 1. The highest BCUT2D eigenvalue weighted by molar-refractivity contribution is 6.02. The standard InChI is InChI=1S/C23H26N2O6/c1-22(2)11-15(26)10-19(31-22)21(28)25-7-5-23(6-8-25)12-16(23)20(27)24-14-3-4-17-18(9-14)30-13-29-17/h3-4,9-10,16H,5-8,11-13H2,1-2H3,(H,24,27). The van der Waals surface area contributed by atoms with Crippen molar-refractivity contribution in [2.24, 2.45) is 11.3 Å². The van der Waals surface area contributed by atoms with Crippen LogP contribution in [-0.2, 0) is 19.1 Å². The Kier molecular flexibility index (Phi) is 4.50. The van der Waals surface area contributed by atoms with E-state index in [0.717, 1.165) is 19.3 Å². The molecule has 4 aliphatic rings. The first-order valence-electron chi connectivity index (χ1n) is 10.7. The lowest BCUT2D eigenvalue weighted by Crippen LogP contribution is -2.43. The van der Waals surface area contributed by atoms with E-state index < -0.39 is 5.60 Å². The second kappa shape index (κ2) is 7.00. The van der Waals surface area contributed by atoms with Crippen LogP contribution in [0.25, 0.3) is 0 Å². The Hall–Kier alpha value is -3.03. The number of ketones is 1. The molecule has 3 heterocycles. The monoisotopic (exact) mass is 426 g/mol. The molecule has 0 radical (unpaired) electrons. The number of fused-ring (bicyclic) bond motifs is 1. The Morgan fingerprint density at radius 2 is 1.87 bits per heavy atom. The zero-order chi connectivity index (χ0) is 21.8. The quantitative estimate of drug-likeness (QED) is 0.799. The van der Waals surface area contributed by atoms with Crippen molar-refractivity contribution < 1.29 is 28.6 Å². The Balaban J connectivity index is 1.17. The van der Waals surface area contributed by atoms with E-state index in [2.05, 4.69) is 5.32 Å². The van der Waals surface area contributed by atoms with Crippen LogP contribution in [0.5, 0.6) is 11.5 Å². The average molecular weight is 426 g/mol. The minimum Gasteiger partial charge on any atom is -0.481 e. The number of carbonyl (C=O) groups excluding carboxylic acids is 3. The van der Waals surface area contributed by atoms with E-state index in [9.17, 15) is 14.4 Å². The van der Waals surface area contributed by atoms with Gasteiger partial charge < -0.3 is 24.4 Å². The number of rotatable bonds is 3. The van der Waals surface area contributed by atoms with Gasteiger partial charge in [-0.3, -0.25) is 14.4 Å². The molecule has 1 aromatic carbocycles. The molecule has 1 saturated heterocycles. The highest BCUT2D eigenvalue weighted by atomic mass is 16.7. The van der Waals surface area contributed by atoms with Crippen LogP contribution >= 0.6 is 0 Å². The molecule has 1 atom stereocenters. The van der Waals surface area contributed by atoms with Crippen molar-refractivity contribution in [3.8, 4) is 11.5 Å². The second-order valence-corrected chi connectivity index (χ2v) is 9.48. The van der Waals surface area contributed by atoms with E-state index in [4.69, 9.17) is 14.2 Å². The lowest BCUT2D eigenvalue weighted by Gasteiger charge is -2.36. The third kappa shape index (κ3) is 3.75. The van der Waals surface area contributed by atoms with Crippen molar-refractivity contribution in [1.29, 1.82) is 0 Å². The van der Waals surface area contributed by atoms with Crippen molar-refractivity contribution in [1.82, 2.24) is 4.90 Å². The van der Waals surface area contributed by atoms with Gasteiger partial charge in [0.25, 0.3) is 5.91 Å². The van der Waals surface area contributed by atoms with E-state index in [0.29, 0.717) is 30.3 Å². The first kappa shape index (κ1) is 19.9. The fourth-order valence-corrected chi connectivity index (χ4v) is 4.87. The Morgan fingerprint density at radius 3 is 2.61 bits per heavy atom. The molecule has 1 aliphatic carbocycles. The number of nitrogens with one attached hydrogen (secondary N) is 1. The molecule has 2 fully saturated rings. The van der Waals surface area contributed by atoms with Gasteiger partial charge >= 0.3 is 0 Å². The molecule has 0 bridgehead atoms. The molecule has 2 amide bonds. The lowest BCUT2D eigenvalue weighted by atomic mass is 9.90. The number of nitrogens with zero attached hydrogens (tertiary/aromatic N) is 1. The molecule has 1 saturated carbocycles. The number of ether oxygens (including phenoxy) is 3. The van der Waals surface area contributed by atoms with Crippen molar-refractivity contribution in [3.63, 3.8) is 0 Å². The minimum atomic E-state index is -0.664. The summed E-state index contributed by atoms with van der Waals surface area (Å²) in [5.41, 5.74) is -0.0198. The molecule has 31 heavy (non-hydrogen) atoms. The van der Waals surface area contributed by atoms with Crippen LogP contribution < -0.4 is 14.8 Å². The van der Waals surface area contributed by atoms with E-state index >= 15 is 0 Å². The van der Waals surface area contributed by atoms with Crippen molar-refractivity contribution in [3.05, 3.63) is 30.0 Å². The van der Waals surface area contributed by atoms with Gasteiger partial charge in [0.15, 0.2) is 23.0 Å². The number of hydrogen-bond acceptors (Lipinski definition) is 6. The number of amides is 2. The molecular formula is C23H26N2O6. The predicted molar refractivity (Wildman–Crippen MR) is 110 cm³/mol. The zero-order valence-corrected chi connectivity index (χ0v) is 17.7. The van der Waals surface area contributed by atoms with Crippen LogP contribution in [-0.4, -0.2) is 48.0 Å². The number of carbonyl (C=O) groups is 3. The summed E-state index contributed by atoms with van der Waals surface area (Å²) in [6.45, 7) is 4.93. The van der Waals surface area contributed by atoms with E-state index in [1.165, 1.54) is 6.08 Å². The molecule has 164 valence electrons. The van der Waals surface area contributed by atoms with Gasteiger partial charge in [-0.15, -0.1) is 0 Å². The predicted octanol–water partition coefficient (Wildman–Crippen LogP) is 2.63. The van der Waals surface area contributed by atoms with E-state index in [1.54, 1.807) is 17.0 Å². The fourth-order valence-electron chi connectivity index (χ4n) is 4.87. The largest absolute Gasteiger partial charge is 0.481 e. The first-order chi connectivity index (χ1) is 14.7. The van der Waals surface area contributed by atoms with Crippen molar-refractivity contribution in [2.75, 3.05) is 25.2 Å². The van der Waals surface area contributed by atoms with E-state index in [-0.39, 0.29) is 47.9 Å². The van der Waals surface area contributed by atoms with Gasteiger partial charge in [-0.1, -0.05) is 0 Å². The molecule has 5 rings (SSSR count). The van der Waals surface area contributed by atoms with Gasteiger partial charge in [0.1, 0.15) is 5.60 Å². The summed E-state index contributed by atoms with van der Waals surface area (Å²) >= 11 is 0. The molecule has 0 aromatic heterocycles. The molecule has 1 aromatic rings. The van der Waals surface area contributed by atoms with Gasteiger partial charge in [0, 0.05) is 43.3 Å². The molecule has 1 N–H and O–H groups in total. The van der Waals surface area contributed by atoms with Crippen LogP contribution in [0.2, 0.25) is 0 Å². The molecular weight excluding hydrogens is 400 g/mol. The number of piperidine rings is 1. The molecule has 3 aliphatic heterocycles. The highest BCUT2D eigenvalue weighted by Gasteiger charge is 2.59. The number of anilines is 1. The van der Waals surface area contributed by atoms with Crippen LogP contribution in [0.4, 0.5) is 5.69 Å². The fraction of sp³-hybridized carbons (Fsp3) is 0.522. The summed E-state index contributed by atoms with van der Waals surface area (Å²) < 4.78 is 16.4. The Bertz CT molecular complexity index is 990.